The van der Waals surface area contributed by atoms with Gasteiger partial charge in [-0.1, -0.05) is 29.8 Å². The van der Waals surface area contributed by atoms with Crippen LogP contribution in [0.1, 0.15) is 24.5 Å². The van der Waals surface area contributed by atoms with Gasteiger partial charge in [0.2, 0.25) is 5.91 Å². The molecule has 3 rings (SSSR count). The van der Waals surface area contributed by atoms with Crippen LogP contribution in [0.5, 0.6) is 5.75 Å². The highest BCUT2D eigenvalue weighted by Gasteiger charge is 2.27. The number of halogens is 1. The van der Waals surface area contributed by atoms with Gasteiger partial charge in [-0.2, -0.15) is 0 Å². The van der Waals surface area contributed by atoms with E-state index in [0.29, 0.717) is 18.9 Å². The van der Waals surface area contributed by atoms with Gasteiger partial charge >= 0.3 is 0 Å². The summed E-state index contributed by atoms with van der Waals surface area (Å²) in [6, 6.07) is 19.1. The Morgan fingerprint density at radius 3 is 2.38 bits per heavy atom. The largest absolute Gasteiger partial charge is 0.494 e. The summed E-state index contributed by atoms with van der Waals surface area (Å²) in [5, 5.41) is 2.79. The quantitative estimate of drug-likeness (QED) is 0.407. The Morgan fingerprint density at radius 2 is 1.74 bits per heavy atom. The molecule has 0 aliphatic heterocycles. The number of carbonyl (C=O) groups is 1. The smallest absolute Gasteiger partial charge is 0.264 e. The molecule has 6 nitrogen and oxygen atoms in total. The Bertz CT molecular complexity index is 1200. The van der Waals surface area contributed by atoms with Crippen molar-refractivity contribution in [2.45, 2.75) is 31.6 Å². The number of ether oxygens (including phenoxy) is 1. The van der Waals surface area contributed by atoms with E-state index in [1.807, 2.05) is 32.0 Å². The molecule has 3 aromatic rings. The van der Waals surface area contributed by atoms with Crippen LogP contribution in [0.4, 0.5) is 10.1 Å². The molecule has 1 amide bonds. The number of nitrogens with zero attached hydrogens (tertiary/aromatic N) is 1. The van der Waals surface area contributed by atoms with E-state index in [1.54, 1.807) is 12.1 Å². The van der Waals surface area contributed by atoms with Crippen molar-refractivity contribution in [3.05, 3.63) is 89.7 Å². The van der Waals surface area contributed by atoms with E-state index in [-0.39, 0.29) is 10.6 Å². The molecule has 180 valence electrons. The van der Waals surface area contributed by atoms with Crippen molar-refractivity contribution in [1.82, 2.24) is 5.32 Å². The van der Waals surface area contributed by atoms with Crippen LogP contribution in [-0.4, -0.2) is 34.0 Å². The summed E-state index contributed by atoms with van der Waals surface area (Å²) in [7, 11) is -4.08. The summed E-state index contributed by atoms with van der Waals surface area (Å²) in [6.45, 7) is 4.30. The van der Waals surface area contributed by atoms with Crippen LogP contribution in [0.2, 0.25) is 0 Å². The molecule has 0 aliphatic carbocycles. The van der Waals surface area contributed by atoms with Gasteiger partial charge in [-0.05, 0) is 80.8 Å². The van der Waals surface area contributed by atoms with Crippen molar-refractivity contribution in [2.24, 2.45) is 0 Å². The van der Waals surface area contributed by atoms with Gasteiger partial charge in [0.25, 0.3) is 10.0 Å². The minimum atomic E-state index is -4.08. The van der Waals surface area contributed by atoms with E-state index < -0.39 is 28.3 Å². The van der Waals surface area contributed by atoms with Crippen LogP contribution in [0.25, 0.3) is 0 Å². The van der Waals surface area contributed by atoms with Gasteiger partial charge in [-0.3, -0.25) is 9.10 Å². The molecule has 0 aromatic heterocycles. The fourth-order valence-corrected chi connectivity index (χ4v) is 4.92. The third kappa shape index (κ3) is 6.81. The predicted molar refractivity (Wildman–Crippen MR) is 131 cm³/mol. The summed E-state index contributed by atoms with van der Waals surface area (Å²) >= 11 is 0. The molecule has 0 saturated carbocycles. The summed E-state index contributed by atoms with van der Waals surface area (Å²) in [5.41, 5.74) is 2.56. The lowest BCUT2D eigenvalue weighted by molar-refractivity contribution is -0.119. The van der Waals surface area contributed by atoms with Crippen LogP contribution < -0.4 is 14.4 Å². The summed E-state index contributed by atoms with van der Waals surface area (Å²) in [4.78, 5) is 12.7. The molecule has 8 heteroatoms. The second-order valence-corrected chi connectivity index (χ2v) is 9.70. The Balaban J connectivity index is 1.71. The number of anilines is 1. The van der Waals surface area contributed by atoms with Gasteiger partial charge in [-0.25, -0.2) is 12.8 Å². The molecule has 0 heterocycles. The first-order valence-corrected chi connectivity index (χ1v) is 12.6. The molecule has 1 N–H and O–H groups in total. The zero-order valence-corrected chi connectivity index (χ0v) is 20.1. The first kappa shape index (κ1) is 25.2. The summed E-state index contributed by atoms with van der Waals surface area (Å²) in [6.07, 6.45) is 1.52. The number of nitrogens with one attached hydrogen (secondary N) is 1. The second kappa shape index (κ2) is 11.7. The first-order chi connectivity index (χ1) is 16.3. The molecule has 0 saturated heterocycles. The molecule has 0 atom stereocenters. The maximum Gasteiger partial charge on any atom is 0.264 e. The van der Waals surface area contributed by atoms with Gasteiger partial charge in [0.15, 0.2) is 0 Å². The normalized spacial score (nSPS) is 11.1. The van der Waals surface area contributed by atoms with E-state index in [4.69, 9.17) is 4.74 Å². The molecule has 0 fully saturated rings. The molecule has 0 radical (unpaired) electrons. The molecular formula is C26H29FN2O4S. The minimum absolute atomic E-state index is 0.00697. The third-order valence-corrected chi connectivity index (χ3v) is 6.96. The van der Waals surface area contributed by atoms with Crippen molar-refractivity contribution in [1.29, 1.82) is 0 Å². The standard InChI is InChI=1S/C26H29FN2O4S/c1-3-33-24-13-15-25(16-14-24)34(31,32)29(23-11-9-22(27)10-12-23)19-26(30)28-17-5-8-21-7-4-6-20(2)18-21/h4,6-7,9-16,18H,3,5,8,17,19H2,1-2H3,(H,28,30). The summed E-state index contributed by atoms with van der Waals surface area (Å²) < 4.78 is 46.6. The number of aryl methyl sites for hydroxylation is 2. The van der Waals surface area contributed by atoms with Gasteiger partial charge in [-0.15, -0.1) is 0 Å². The minimum Gasteiger partial charge on any atom is -0.494 e. The fraction of sp³-hybridized carbons (Fsp3) is 0.269. The number of benzene rings is 3. The highest BCUT2D eigenvalue weighted by Crippen LogP contribution is 2.25. The molecule has 0 spiro atoms. The monoisotopic (exact) mass is 484 g/mol. The van der Waals surface area contributed by atoms with E-state index >= 15 is 0 Å². The van der Waals surface area contributed by atoms with Crippen molar-refractivity contribution in [3.8, 4) is 5.75 Å². The summed E-state index contributed by atoms with van der Waals surface area (Å²) in [5.74, 6) is -0.396. The number of amides is 1. The highest BCUT2D eigenvalue weighted by atomic mass is 32.2. The van der Waals surface area contributed by atoms with Gasteiger partial charge in [0.1, 0.15) is 18.1 Å². The Morgan fingerprint density at radius 1 is 1.03 bits per heavy atom. The predicted octanol–water partition coefficient (Wildman–Crippen LogP) is 4.48. The average Bonchev–Trinajstić information content (AvgIpc) is 2.82. The van der Waals surface area contributed by atoms with E-state index in [2.05, 4.69) is 11.4 Å². The van der Waals surface area contributed by atoms with Gasteiger partial charge < -0.3 is 10.1 Å². The van der Waals surface area contributed by atoms with E-state index in [9.17, 15) is 17.6 Å². The number of sulfonamides is 1. The zero-order valence-electron chi connectivity index (χ0n) is 19.3. The third-order valence-electron chi connectivity index (χ3n) is 5.17. The molecular weight excluding hydrogens is 455 g/mol. The number of carbonyl (C=O) groups excluding carboxylic acids is 1. The van der Waals surface area contributed by atoms with Gasteiger partial charge in [0, 0.05) is 6.54 Å². The molecule has 34 heavy (non-hydrogen) atoms. The second-order valence-electron chi connectivity index (χ2n) is 7.84. The van der Waals surface area contributed by atoms with E-state index in [0.717, 1.165) is 29.3 Å². The lowest BCUT2D eigenvalue weighted by atomic mass is 10.1. The number of hydrogen-bond acceptors (Lipinski definition) is 4. The fourth-order valence-electron chi connectivity index (χ4n) is 3.50. The zero-order chi connectivity index (χ0) is 24.6. The van der Waals surface area contributed by atoms with Crippen molar-refractivity contribution >= 4 is 21.6 Å². The Labute approximate surface area is 200 Å². The molecule has 0 unspecified atom stereocenters. The molecule has 0 bridgehead atoms. The van der Waals surface area contributed by atoms with Crippen molar-refractivity contribution in [3.63, 3.8) is 0 Å². The van der Waals surface area contributed by atoms with Crippen molar-refractivity contribution in [2.75, 3.05) is 24.0 Å². The van der Waals surface area contributed by atoms with Crippen molar-refractivity contribution < 1.29 is 22.3 Å². The van der Waals surface area contributed by atoms with Crippen LogP contribution in [0.15, 0.2) is 77.7 Å². The van der Waals surface area contributed by atoms with Crippen LogP contribution >= 0.6 is 0 Å². The SMILES string of the molecule is CCOc1ccc(S(=O)(=O)N(CC(=O)NCCCc2cccc(C)c2)c2ccc(F)cc2)cc1. The van der Waals surface area contributed by atoms with E-state index in [1.165, 1.54) is 35.4 Å². The Hall–Kier alpha value is -3.39. The maximum absolute atomic E-state index is 13.5. The first-order valence-electron chi connectivity index (χ1n) is 11.1. The number of rotatable bonds is 11. The molecule has 3 aromatic carbocycles. The topological polar surface area (TPSA) is 75.7 Å². The molecule has 0 aliphatic rings. The van der Waals surface area contributed by atoms with Gasteiger partial charge in [0.05, 0.1) is 17.2 Å². The van der Waals surface area contributed by atoms with Crippen LogP contribution in [-0.2, 0) is 21.2 Å². The van der Waals surface area contributed by atoms with Crippen LogP contribution in [0.3, 0.4) is 0 Å². The number of hydrogen-bond donors (Lipinski definition) is 1. The average molecular weight is 485 g/mol. The lowest BCUT2D eigenvalue weighted by Crippen LogP contribution is -2.41. The highest BCUT2D eigenvalue weighted by molar-refractivity contribution is 7.92. The maximum atomic E-state index is 13.5. The Kier molecular flexibility index (Phi) is 8.65. The van der Waals surface area contributed by atoms with Crippen LogP contribution in [0, 0.1) is 12.7 Å². The lowest BCUT2D eigenvalue weighted by Gasteiger charge is -2.24.